The summed E-state index contributed by atoms with van der Waals surface area (Å²) >= 11 is 0. The van der Waals surface area contributed by atoms with Crippen LogP contribution in [0.3, 0.4) is 0 Å². The molecule has 1 aromatic carbocycles. The SMILES string of the molecule is CCc1ccc2c(c1)CNC2=O. The van der Waals surface area contributed by atoms with E-state index in [0.29, 0.717) is 6.54 Å². The number of benzene rings is 1. The van der Waals surface area contributed by atoms with Gasteiger partial charge in [-0.05, 0) is 23.6 Å². The van der Waals surface area contributed by atoms with Gasteiger partial charge in [-0.2, -0.15) is 0 Å². The van der Waals surface area contributed by atoms with Crippen LogP contribution in [0.4, 0.5) is 0 Å². The third-order valence-electron chi connectivity index (χ3n) is 2.26. The summed E-state index contributed by atoms with van der Waals surface area (Å²) in [6, 6.07) is 6.04. The Morgan fingerprint density at radius 3 is 3.08 bits per heavy atom. The molecular formula is C10H11NO. The molecule has 0 unspecified atom stereocenters. The maximum atomic E-state index is 11.2. The molecule has 0 radical (unpaired) electrons. The number of carbonyl (C=O) groups is 1. The van der Waals surface area contributed by atoms with E-state index >= 15 is 0 Å². The number of hydrogen-bond acceptors (Lipinski definition) is 1. The van der Waals surface area contributed by atoms with Crippen LogP contribution in [-0.4, -0.2) is 5.91 Å². The molecular weight excluding hydrogens is 150 g/mol. The van der Waals surface area contributed by atoms with Gasteiger partial charge in [-0.3, -0.25) is 4.79 Å². The Kier molecular flexibility index (Phi) is 1.61. The first-order valence-electron chi connectivity index (χ1n) is 4.21. The van der Waals surface area contributed by atoms with Gasteiger partial charge in [0.05, 0.1) is 0 Å². The lowest BCUT2D eigenvalue weighted by molar-refractivity contribution is 0.0966. The monoisotopic (exact) mass is 161 g/mol. The Morgan fingerprint density at radius 2 is 2.33 bits per heavy atom. The smallest absolute Gasteiger partial charge is 0.251 e. The number of amides is 1. The number of aryl methyl sites for hydroxylation is 1. The average molecular weight is 161 g/mol. The van der Waals surface area contributed by atoms with E-state index in [9.17, 15) is 4.79 Å². The molecule has 2 heteroatoms. The Balaban J connectivity index is 2.48. The summed E-state index contributed by atoms with van der Waals surface area (Å²) < 4.78 is 0. The van der Waals surface area contributed by atoms with E-state index in [1.165, 1.54) is 5.56 Å². The number of fused-ring (bicyclic) bond motifs is 1. The van der Waals surface area contributed by atoms with Crippen LogP contribution in [0.5, 0.6) is 0 Å². The normalized spacial score (nSPS) is 14.2. The van der Waals surface area contributed by atoms with Crippen molar-refractivity contribution in [2.75, 3.05) is 0 Å². The summed E-state index contributed by atoms with van der Waals surface area (Å²) in [5.41, 5.74) is 3.27. The Hall–Kier alpha value is -1.31. The molecule has 0 fully saturated rings. The van der Waals surface area contributed by atoms with Crippen molar-refractivity contribution < 1.29 is 4.79 Å². The van der Waals surface area contributed by atoms with Gasteiger partial charge in [-0.15, -0.1) is 0 Å². The fourth-order valence-electron chi connectivity index (χ4n) is 1.51. The van der Waals surface area contributed by atoms with Gasteiger partial charge >= 0.3 is 0 Å². The highest BCUT2D eigenvalue weighted by molar-refractivity contribution is 5.98. The van der Waals surface area contributed by atoms with Crippen molar-refractivity contribution in [2.45, 2.75) is 19.9 Å². The number of rotatable bonds is 1. The van der Waals surface area contributed by atoms with Crippen LogP contribution in [0, 0.1) is 0 Å². The van der Waals surface area contributed by atoms with Crippen LogP contribution < -0.4 is 5.32 Å². The largest absolute Gasteiger partial charge is 0.348 e. The highest BCUT2D eigenvalue weighted by Crippen LogP contribution is 2.17. The molecule has 1 heterocycles. The Labute approximate surface area is 71.6 Å². The van der Waals surface area contributed by atoms with Gasteiger partial charge in [0.2, 0.25) is 0 Å². The molecule has 1 aromatic rings. The first-order chi connectivity index (χ1) is 5.81. The summed E-state index contributed by atoms with van der Waals surface area (Å²) in [7, 11) is 0. The van der Waals surface area contributed by atoms with Crippen molar-refractivity contribution in [3.63, 3.8) is 0 Å². The van der Waals surface area contributed by atoms with E-state index in [-0.39, 0.29) is 5.91 Å². The lowest BCUT2D eigenvalue weighted by atomic mass is 10.0. The van der Waals surface area contributed by atoms with Crippen molar-refractivity contribution in [1.29, 1.82) is 0 Å². The second-order valence-corrected chi connectivity index (χ2v) is 3.03. The van der Waals surface area contributed by atoms with Gasteiger partial charge in [0.15, 0.2) is 0 Å². The highest BCUT2D eigenvalue weighted by Gasteiger charge is 2.17. The summed E-state index contributed by atoms with van der Waals surface area (Å²) in [6.07, 6.45) is 1.03. The summed E-state index contributed by atoms with van der Waals surface area (Å²) in [5.74, 6) is 0.0626. The van der Waals surface area contributed by atoms with Crippen molar-refractivity contribution in [2.24, 2.45) is 0 Å². The molecule has 12 heavy (non-hydrogen) atoms. The molecule has 0 spiro atoms. The maximum Gasteiger partial charge on any atom is 0.251 e. The van der Waals surface area contributed by atoms with Crippen LogP contribution in [0.15, 0.2) is 18.2 Å². The van der Waals surface area contributed by atoms with Crippen LogP contribution >= 0.6 is 0 Å². The lowest BCUT2D eigenvalue weighted by Gasteiger charge is -1.98. The number of hydrogen-bond donors (Lipinski definition) is 1. The zero-order valence-electron chi connectivity index (χ0n) is 7.05. The van der Waals surface area contributed by atoms with Crippen molar-refractivity contribution >= 4 is 5.91 Å². The average Bonchev–Trinajstić information content (AvgIpc) is 2.47. The number of carbonyl (C=O) groups excluding carboxylic acids is 1. The molecule has 2 rings (SSSR count). The zero-order valence-corrected chi connectivity index (χ0v) is 7.05. The predicted octanol–water partition coefficient (Wildman–Crippen LogP) is 1.49. The maximum absolute atomic E-state index is 11.2. The van der Waals surface area contributed by atoms with Crippen LogP contribution in [0.1, 0.15) is 28.4 Å². The highest BCUT2D eigenvalue weighted by atomic mass is 16.1. The van der Waals surface area contributed by atoms with E-state index < -0.39 is 0 Å². The summed E-state index contributed by atoms with van der Waals surface area (Å²) in [5, 5.41) is 2.80. The van der Waals surface area contributed by atoms with Crippen molar-refractivity contribution in [3.8, 4) is 0 Å². The lowest BCUT2D eigenvalue weighted by Crippen LogP contribution is -2.12. The third kappa shape index (κ3) is 0.998. The molecule has 0 bridgehead atoms. The van der Waals surface area contributed by atoms with Crippen molar-refractivity contribution in [1.82, 2.24) is 5.32 Å². The summed E-state index contributed by atoms with van der Waals surface area (Å²) in [4.78, 5) is 11.2. The second-order valence-electron chi connectivity index (χ2n) is 3.03. The molecule has 0 aliphatic carbocycles. The van der Waals surface area contributed by atoms with E-state index in [1.807, 2.05) is 12.1 Å². The second kappa shape index (κ2) is 2.63. The van der Waals surface area contributed by atoms with Gasteiger partial charge in [0.25, 0.3) is 5.91 Å². The summed E-state index contributed by atoms with van der Waals surface area (Å²) in [6.45, 7) is 2.81. The first kappa shape index (κ1) is 7.35. The van der Waals surface area contributed by atoms with E-state index in [1.54, 1.807) is 0 Å². The van der Waals surface area contributed by atoms with Gasteiger partial charge in [-0.25, -0.2) is 0 Å². The Bertz CT molecular complexity index is 331. The molecule has 1 amide bonds. The van der Waals surface area contributed by atoms with Gasteiger partial charge in [0.1, 0.15) is 0 Å². The minimum absolute atomic E-state index is 0.0626. The minimum atomic E-state index is 0.0626. The quantitative estimate of drug-likeness (QED) is 0.664. The van der Waals surface area contributed by atoms with E-state index in [4.69, 9.17) is 0 Å². The minimum Gasteiger partial charge on any atom is -0.348 e. The molecule has 1 aliphatic heterocycles. The molecule has 62 valence electrons. The molecule has 2 nitrogen and oxygen atoms in total. The predicted molar refractivity (Wildman–Crippen MR) is 47.0 cm³/mol. The van der Waals surface area contributed by atoms with Crippen LogP contribution in [0.25, 0.3) is 0 Å². The first-order valence-corrected chi connectivity index (χ1v) is 4.21. The zero-order chi connectivity index (χ0) is 8.55. The van der Waals surface area contributed by atoms with Gasteiger partial charge in [0, 0.05) is 12.1 Å². The molecule has 0 atom stereocenters. The number of nitrogens with one attached hydrogen (secondary N) is 1. The molecule has 0 saturated heterocycles. The fraction of sp³-hybridized carbons (Fsp3) is 0.300. The van der Waals surface area contributed by atoms with Crippen LogP contribution in [0.2, 0.25) is 0 Å². The topological polar surface area (TPSA) is 29.1 Å². The fourth-order valence-corrected chi connectivity index (χ4v) is 1.51. The van der Waals surface area contributed by atoms with E-state index in [2.05, 4.69) is 18.3 Å². The standard InChI is InChI=1S/C10H11NO/c1-2-7-3-4-9-8(5-7)6-11-10(9)12/h3-5H,2,6H2,1H3,(H,11,12). The van der Waals surface area contributed by atoms with Gasteiger partial charge in [-0.1, -0.05) is 19.1 Å². The van der Waals surface area contributed by atoms with Gasteiger partial charge < -0.3 is 5.32 Å². The molecule has 1 aliphatic rings. The molecule has 1 N–H and O–H groups in total. The molecule has 0 aromatic heterocycles. The third-order valence-corrected chi connectivity index (χ3v) is 2.26. The van der Waals surface area contributed by atoms with E-state index in [0.717, 1.165) is 17.5 Å². The van der Waals surface area contributed by atoms with Crippen LogP contribution in [-0.2, 0) is 13.0 Å². The molecule has 0 saturated carbocycles. The Morgan fingerprint density at radius 1 is 1.50 bits per heavy atom. The van der Waals surface area contributed by atoms with Crippen molar-refractivity contribution in [3.05, 3.63) is 34.9 Å².